The number of thiophene rings is 1. The molecule has 0 N–H and O–H groups in total. The van der Waals surface area contributed by atoms with Gasteiger partial charge < -0.3 is 9.30 Å². The summed E-state index contributed by atoms with van der Waals surface area (Å²) in [7, 11) is 1.46. The SMILES string of the molecule is COC(=O)C1CCc2cnc(Cc3cccs3)n2C1. The number of methoxy groups -OCH3 is 1. The smallest absolute Gasteiger partial charge is 0.310 e. The van der Waals surface area contributed by atoms with Crippen molar-refractivity contribution >= 4 is 17.3 Å². The molecule has 0 radical (unpaired) electrons. The normalized spacial score (nSPS) is 18.1. The van der Waals surface area contributed by atoms with Crippen molar-refractivity contribution in [3.05, 3.63) is 40.1 Å². The summed E-state index contributed by atoms with van der Waals surface area (Å²) in [6.07, 6.45) is 4.54. The van der Waals surface area contributed by atoms with Gasteiger partial charge in [0, 0.05) is 29.7 Å². The molecule has 2 aromatic heterocycles. The largest absolute Gasteiger partial charge is 0.469 e. The number of carbonyl (C=O) groups excluding carboxylic acids is 1. The van der Waals surface area contributed by atoms with E-state index in [-0.39, 0.29) is 11.9 Å². The fourth-order valence-corrected chi connectivity index (χ4v) is 3.28. The van der Waals surface area contributed by atoms with Crippen molar-refractivity contribution in [3.63, 3.8) is 0 Å². The predicted octanol–water partition coefficient (Wildman–Crippen LogP) is 2.27. The number of aromatic nitrogens is 2. The first kappa shape index (κ1) is 12.4. The number of esters is 1. The number of nitrogens with zero attached hydrogens (tertiary/aromatic N) is 2. The Labute approximate surface area is 116 Å². The van der Waals surface area contributed by atoms with Crippen molar-refractivity contribution in [1.82, 2.24) is 9.55 Å². The van der Waals surface area contributed by atoms with Crippen LogP contribution in [0.2, 0.25) is 0 Å². The Morgan fingerprint density at radius 3 is 3.26 bits per heavy atom. The molecule has 1 aliphatic heterocycles. The van der Waals surface area contributed by atoms with Gasteiger partial charge in [0.05, 0.1) is 13.0 Å². The van der Waals surface area contributed by atoms with Crippen LogP contribution in [0.5, 0.6) is 0 Å². The molecule has 2 aromatic rings. The molecule has 0 amide bonds. The molecule has 1 atom stereocenters. The first-order valence-electron chi connectivity index (χ1n) is 6.41. The standard InChI is InChI=1S/C14H16N2O2S/c1-18-14(17)10-4-5-11-8-15-13(16(11)9-10)7-12-3-2-6-19-12/h2-3,6,8,10H,4-5,7,9H2,1H3. The number of ether oxygens (including phenoxy) is 1. The maximum Gasteiger partial charge on any atom is 0.310 e. The van der Waals surface area contributed by atoms with Gasteiger partial charge in [-0.15, -0.1) is 11.3 Å². The van der Waals surface area contributed by atoms with Gasteiger partial charge in [0.2, 0.25) is 0 Å². The third-order valence-electron chi connectivity index (χ3n) is 3.62. The van der Waals surface area contributed by atoms with Gasteiger partial charge in [-0.05, 0) is 24.3 Å². The molecule has 1 unspecified atom stereocenters. The average Bonchev–Trinajstić information content (AvgIpc) is 3.08. The second-order valence-corrected chi connectivity index (χ2v) is 5.82. The van der Waals surface area contributed by atoms with Gasteiger partial charge in [-0.3, -0.25) is 4.79 Å². The second-order valence-electron chi connectivity index (χ2n) is 4.79. The molecule has 5 heteroatoms. The molecule has 0 spiro atoms. The topological polar surface area (TPSA) is 44.1 Å². The number of hydrogen-bond donors (Lipinski definition) is 0. The van der Waals surface area contributed by atoms with E-state index in [1.807, 2.05) is 6.20 Å². The highest BCUT2D eigenvalue weighted by molar-refractivity contribution is 7.09. The van der Waals surface area contributed by atoms with Crippen LogP contribution in [0.15, 0.2) is 23.7 Å². The minimum atomic E-state index is -0.110. The molecule has 4 nitrogen and oxygen atoms in total. The molecular formula is C14H16N2O2S. The molecule has 3 heterocycles. The van der Waals surface area contributed by atoms with E-state index >= 15 is 0 Å². The van der Waals surface area contributed by atoms with Crippen LogP contribution >= 0.6 is 11.3 Å². The zero-order valence-electron chi connectivity index (χ0n) is 10.8. The Bertz CT molecular complexity index is 574. The molecule has 0 aromatic carbocycles. The quantitative estimate of drug-likeness (QED) is 0.808. The minimum Gasteiger partial charge on any atom is -0.469 e. The van der Waals surface area contributed by atoms with Gasteiger partial charge in [0.15, 0.2) is 0 Å². The average molecular weight is 276 g/mol. The molecule has 19 heavy (non-hydrogen) atoms. The van der Waals surface area contributed by atoms with E-state index < -0.39 is 0 Å². The number of aryl methyl sites for hydroxylation is 1. The number of carbonyl (C=O) groups is 1. The van der Waals surface area contributed by atoms with Crippen LogP contribution < -0.4 is 0 Å². The lowest BCUT2D eigenvalue weighted by molar-refractivity contribution is -0.146. The Balaban J connectivity index is 1.82. The minimum absolute atomic E-state index is 0.0335. The third kappa shape index (κ3) is 2.42. The van der Waals surface area contributed by atoms with Crippen molar-refractivity contribution in [2.24, 2.45) is 5.92 Å². The number of hydrogen-bond acceptors (Lipinski definition) is 4. The molecule has 0 saturated carbocycles. The predicted molar refractivity (Wildman–Crippen MR) is 73.2 cm³/mol. The van der Waals surface area contributed by atoms with E-state index in [4.69, 9.17) is 4.74 Å². The van der Waals surface area contributed by atoms with E-state index in [1.54, 1.807) is 11.3 Å². The molecule has 0 aliphatic carbocycles. The van der Waals surface area contributed by atoms with Gasteiger partial charge in [-0.25, -0.2) is 4.98 Å². The number of rotatable bonds is 3. The fraction of sp³-hybridized carbons (Fsp3) is 0.429. The Hall–Kier alpha value is -1.62. The lowest BCUT2D eigenvalue weighted by Gasteiger charge is -2.23. The van der Waals surface area contributed by atoms with Gasteiger partial charge in [0.1, 0.15) is 5.82 Å². The van der Waals surface area contributed by atoms with E-state index in [2.05, 4.69) is 27.1 Å². The highest BCUT2D eigenvalue weighted by Crippen LogP contribution is 2.24. The lowest BCUT2D eigenvalue weighted by Crippen LogP contribution is -2.28. The summed E-state index contributed by atoms with van der Waals surface area (Å²) in [4.78, 5) is 17.5. The number of fused-ring (bicyclic) bond motifs is 1. The second kappa shape index (κ2) is 5.17. The maximum absolute atomic E-state index is 11.7. The molecule has 1 aliphatic rings. The van der Waals surface area contributed by atoms with Crippen molar-refractivity contribution in [2.45, 2.75) is 25.8 Å². The zero-order valence-corrected chi connectivity index (χ0v) is 11.7. The van der Waals surface area contributed by atoms with E-state index in [1.165, 1.54) is 17.7 Å². The first-order chi connectivity index (χ1) is 9.28. The first-order valence-corrected chi connectivity index (χ1v) is 7.29. The lowest BCUT2D eigenvalue weighted by atomic mass is 9.98. The molecule has 3 rings (SSSR count). The summed E-state index contributed by atoms with van der Waals surface area (Å²) in [5.41, 5.74) is 1.23. The maximum atomic E-state index is 11.7. The van der Waals surface area contributed by atoms with E-state index in [0.29, 0.717) is 6.54 Å². The zero-order chi connectivity index (χ0) is 13.2. The molecule has 0 saturated heterocycles. The molecular weight excluding hydrogens is 260 g/mol. The van der Waals surface area contributed by atoms with Crippen molar-refractivity contribution in [2.75, 3.05) is 7.11 Å². The van der Waals surface area contributed by atoms with Gasteiger partial charge in [-0.2, -0.15) is 0 Å². The Kier molecular flexibility index (Phi) is 3.38. The van der Waals surface area contributed by atoms with Crippen LogP contribution in [0.25, 0.3) is 0 Å². The Morgan fingerprint density at radius 2 is 2.53 bits per heavy atom. The van der Waals surface area contributed by atoms with E-state index in [9.17, 15) is 4.79 Å². The van der Waals surface area contributed by atoms with Crippen LogP contribution in [0.1, 0.15) is 22.8 Å². The summed E-state index contributed by atoms with van der Waals surface area (Å²) < 4.78 is 7.04. The van der Waals surface area contributed by atoms with E-state index in [0.717, 1.165) is 25.1 Å². The van der Waals surface area contributed by atoms with Gasteiger partial charge >= 0.3 is 5.97 Å². The van der Waals surface area contributed by atoms with Gasteiger partial charge in [0.25, 0.3) is 0 Å². The van der Waals surface area contributed by atoms with Crippen LogP contribution in [-0.4, -0.2) is 22.6 Å². The summed E-state index contributed by atoms with van der Waals surface area (Å²) in [6.45, 7) is 0.697. The van der Waals surface area contributed by atoms with Crippen molar-refractivity contribution in [3.8, 4) is 0 Å². The summed E-state index contributed by atoms with van der Waals surface area (Å²) >= 11 is 1.74. The fourth-order valence-electron chi connectivity index (χ4n) is 2.58. The summed E-state index contributed by atoms with van der Waals surface area (Å²) in [6, 6.07) is 4.17. The highest BCUT2D eigenvalue weighted by Gasteiger charge is 2.27. The van der Waals surface area contributed by atoms with Crippen LogP contribution in [0, 0.1) is 5.92 Å². The van der Waals surface area contributed by atoms with Crippen LogP contribution in [0.4, 0.5) is 0 Å². The molecule has 0 fully saturated rings. The third-order valence-corrected chi connectivity index (χ3v) is 4.50. The van der Waals surface area contributed by atoms with Crippen molar-refractivity contribution < 1.29 is 9.53 Å². The summed E-state index contributed by atoms with van der Waals surface area (Å²) in [5.74, 6) is 0.904. The molecule has 100 valence electrons. The highest BCUT2D eigenvalue weighted by atomic mass is 32.1. The monoisotopic (exact) mass is 276 g/mol. The van der Waals surface area contributed by atoms with Crippen LogP contribution in [-0.2, 0) is 28.9 Å². The molecule has 0 bridgehead atoms. The number of imidazole rings is 1. The van der Waals surface area contributed by atoms with Crippen molar-refractivity contribution in [1.29, 1.82) is 0 Å². The summed E-state index contributed by atoms with van der Waals surface area (Å²) in [5, 5.41) is 2.08. The Morgan fingerprint density at radius 1 is 1.63 bits per heavy atom. The van der Waals surface area contributed by atoms with Crippen LogP contribution in [0.3, 0.4) is 0 Å². The van der Waals surface area contributed by atoms with Gasteiger partial charge in [-0.1, -0.05) is 6.07 Å².